The van der Waals surface area contributed by atoms with Crippen molar-refractivity contribution in [2.24, 2.45) is 10.7 Å². The highest BCUT2D eigenvalue weighted by molar-refractivity contribution is 7.15. The van der Waals surface area contributed by atoms with Crippen LogP contribution >= 0.6 is 11.3 Å². The van der Waals surface area contributed by atoms with E-state index in [1.165, 1.54) is 46.7 Å². The number of hydrogen-bond donors (Lipinski definition) is 2. The van der Waals surface area contributed by atoms with Crippen molar-refractivity contribution in [3.8, 4) is 16.3 Å². The molecule has 0 fully saturated rings. The van der Waals surface area contributed by atoms with E-state index in [-0.39, 0.29) is 17.9 Å². The molecule has 1 aromatic heterocycles. The third-order valence-electron chi connectivity index (χ3n) is 6.32. The molecule has 1 amide bonds. The van der Waals surface area contributed by atoms with Gasteiger partial charge in [-0.15, -0.1) is 11.3 Å². The summed E-state index contributed by atoms with van der Waals surface area (Å²) in [5, 5.41) is 9.28. The van der Waals surface area contributed by atoms with Crippen LogP contribution < -0.4 is 10.5 Å². The summed E-state index contributed by atoms with van der Waals surface area (Å²) >= 11 is 1.29. The van der Waals surface area contributed by atoms with Crippen molar-refractivity contribution < 1.29 is 32.2 Å². The first kappa shape index (κ1) is 27.3. The Labute approximate surface area is 230 Å². The van der Waals surface area contributed by atoms with Gasteiger partial charge in [-0.3, -0.25) is 4.90 Å². The molecule has 7 nitrogen and oxygen atoms in total. The molecule has 0 unspecified atom stereocenters. The van der Waals surface area contributed by atoms with Gasteiger partial charge in [0.2, 0.25) is 0 Å². The summed E-state index contributed by atoms with van der Waals surface area (Å²) in [6.45, 7) is 1.98. The standard InChI is InChI=1S/C28H22F4N4O3S/c29-22-11-20(9-10-21(22)25(33)35-27(37)38)39-15-24-23(14-36-12-17-3-1-2-4-18(17)13-36)34-26(40-24)16-5-7-19(8-6-16)28(30,31)32/h1-11H,12-15H2,(H2,33,35)(H,37,38). The summed E-state index contributed by atoms with van der Waals surface area (Å²) in [7, 11) is 0. The van der Waals surface area contributed by atoms with E-state index in [1.807, 2.05) is 12.1 Å². The maximum atomic E-state index is 14.6. The number of ether oxygens (including phenoxy) is 1. The molecule has 2 heterocycles. The van der Waals surface area contributed by atoms with Crippen molar-refractivity contribution in [2.45, 2.75) is 32.4 Å². The Balaban J connectivity index is 1.39. The molecule has 40 heavy (non-hydrogen) atoms. The number of nitrogens with two attached hydrogens (primary N) is 1. The predicted molar refractivity (Wildman–Crippen MR) is 141 cm³/mol. The van der Waals surface area contributed by atoms with Crippen LogP contribution in [0, 0.1) is 5.82 Å². The first-order chi connectivity index (χ1) is 19.1. The summed E-state index contributed by atoms with van der Waals surface area (Å²) in [5.74, 6) is -1.10. The molecule has 0 saturated heterocycles. The fourth-order valence-electron chi connectivity index (χ4n) is 4.38. The molecule has 0 atom stereocenters. The lowest BCUT2D eigenvalue weighted by Gasteiger charge is -2.14. The minimum Gasteiger partial charge on any atom is -0.488 e. The molecule has 5 rings (SSSR count). The second-order valence-corrected chi connectivity index (χ2v) is 10.2. The zero-order valence-electron chi connectivity index (χ0n) is 20.8. The van der Waals surface area contributed by atoms with E-state index in [1.54, 1.807) is 0 Å². The number of fused-ring (bicyclic) bond motifs is 1. The fraction of sp³-hybridized carbons (Fsp3) is 0.179. The van der Waals surface area contributed by atoms with E-state index >= 15 is 0 Å². The summed E-state index contributed by atoms with van der Waals surface area (Å²) in [4.78, 5) is 21.5. The first-order valence-corrected chi connectivity index (χ1v) is 12.8. The van der Waals surface area contributed by atoms with Gasteiger partial charge in [-0.05, 0) is 35.4 Å². The minimum absolute atomic E-state index is 0.0336. The van der Waals surface area contributed by atoms with Gasteiger partial charge in [0, 0.05) is 31.3 Å². The maximum Gasteiger partial charge on any atom is 0.433 e. The lowest BCUT2D eigenvalue weighted by atomic mass is 10.1. The maximum absolute atomic E-state index is 14.6. The SMILES string of the molecule is NC(=NC(=O)O)c1ccc(OCc2sc(-c3ccc(C(F)(F)F)cc3)nc2CN2Cc3ccccc3C2)cc1F. The average Bonchev–Trinajstić information content (AvgIpc) is 3.50. The molecule has 0 aliphatic carbocycles. The smallest absolute Gasteiger partial charge is 0.433 e. The summed E-state index contributed by atoms with van der Waals surface area (Å²) in [5.41, 5.74) is 8.32. The highest BCUT2D eigenvalue weighted by atomic mass is 32.1. The van der Waals surface area contributed by atoms with Crippen molar-refractivity contribution in [2.75, 3.05) is 0 Å². The Morgan fingerprint density at radius 3 is 2.35 bits per heavy atom. The number of nitrogens with zero attached hydrogens (tertiary/aromatic N) is 3. The Hall–Kier alpha value is -4.29. The van der Waals surface area contributed by atoms with Crippen LogP contribution in [0.25, 0.3) is 10.6 Å². The van der Waals surface area contributed by atoms with E-state index in [4.69, 9.17) is 20.6 Å². The number of amides is 1. The van der Waals surface area contributed by atoms with Crippen LogP contribution in [0.15, 0.2) is 71.7 Å². The van der Waals surface area contributed by atoms with Crippen molar-refractivity contribution in [3.63, 3.8) is 0 Å². The number of carbonyl (C=O) groups is 1. The van der Waals surface area contributed by atoms with Gasteiger partial charge < -0.3 is 15.6 Å². The first-order valence-electron chi connectivity index (χ1n) is 12.0. The third kappa shape index (κ3) is 6.13. The highest BCUT2D eigenvalue weighted by Gasteiger charge is 2.30. The van der Waals surface area contributed by atoms with Gasteiger partial charge in [-0.1, -0.05) is 36.4 Å². The van der Waals surface area contributed by atoms with E-state index in [0.717, 1.165) is 36.2 Å². The molecule has 0 spiro atoms. The second-order valence-electron chi connectivity index (χ2n) is 9.09. The zero-order valence-corrected chi connectivity index (χ0v) is 21.6. The van der Waals surface area contributed by atoms with Crippen molar-refractivity contribution in [1.82, 2.24) is 9.88 Å². The van der Waals surface area contributed by atoms with Gasteiger partial charge >= 0.3 is 12.3 Å². The number of carboxylic acid groups (broad SMARTS) is 1. The van der Waals surface area contributed by atoms with E-state index in [0.29, 0.717) is 22.8 Å². The summed E-state index contributed by atoms with van der Waals surface area (Å²) in [6.07, 6.45) is -5.98. The molecule has 1 aliphatic rings. The Bertz CT molecular complexity index is 1560. The topological polar surface area (TPSA) is 101 Å². The molecule has 206 valence electrons. The van der Waals surface area contributed by atoms with Crippen LogP contribution in [0.5, 0.6) is 5.75 Å². The van der Waals surface area contributed by atoms with Crippen molar-refractivity contribution in [1.29, 1.82) is 0 Å². The van der Waals surface area contributed by atoms with Crippen molar-refractivity contribution >= 4 is 23.3 Å². The Morgan fingerprint density at radius 1 is 1.07 bits per heavy atom. The molecule has 3 aromatic carbocycles. The quantitative estimate of drug-likeness (QED) is 0.151. The number of aromatic nitrogens is 1. The number of alkyl halides is 3. The van der Waals surface area contributed by atoms with Gasteiger partial charge in [-0.2, -0.15) is 18.2 Å². The molecule has 4 aromatic rings. The van der Waals surface area contributed by atoms with Crippen LogP contribution in [0.4, 0.5) is 22.4 Å². The fourth-order valence-corrected chi connectivity index (χ4v) is 5.37. The Kier molecular flexibility index (Phi) is 7.55. The molecule has 12 heteroatoms. The van der Waals surface area contributed by atoms with E-state index in [9.17, 15) is 22.4 Å². The van der Waals surface area contributed by atoms with Crippen LogP contribution in [-0.4, -0.2) is 26.9 Å². The molecule has 3 N–H and O–H groups in total. The largest absolute Gasteiger partial charge is 0.488 e. The predicted octanol–water partition coefficient (Wildman–Crippen LogP) is 6.45. The summed E-state index contributed by atoms with van der Waals surface area (Å²) < 4.78 is 59.5. The normalized spacial score (nSPS) is 13.8. The Morgan fingerprint density at radius 2 is 1.75 bits per heavy atom. The number of halogens is 4. The molecule has 1 aliphatic heterocycles. The number of benzene rings is 3. The van der Waals surface area contributed by atoms with Crippen LogP contribution in [-0.2, 0) is 32.4 Å². The number of rotatable bonds is 7. The van der Waals surface area contributed by atoms with Crippen LogP contribution in [0.1, 0.15) is 32.8 Å². The zero-order chi connectivity index (χ0) is 28.4. The number of amidine groups is 1. The molecule has 0 radical (unpaired) electrons. The van der Waals surface area contributed by atoms with Gasteiger partial charge in [0.05, 0.1) is 21.7 Å². The minimum atomic E-state index is -4.44. The second kappa shape index (κ2) is 11.1. The van der Waals surface area contributed by atoms with Crippen molar-refractivity contribution in [3.05, 3.63) is 105 Å². The number of hydrogen-bond acceptors (Lipinski definition) is 5. The van der Waals surface area contributed by atoms with Gasteiger partial charge in [0.1, 0.15) is 29.0 Å². The van der Waals surface area contributed by atoms with Gasteiger partial charge in [0.25, 0.3) is 0 Å². The molecular formula is C28H22F4N4O3S. The average molecular weight is 571 g/mol. The monoisotopic (exact) mass is 570 g/mol. The van der Waals surface area contributed by atoms with Crippen LogP contribution in [0.2, 0.25) is 0 Å². The lowest BCUT2D eigenvalue weighted by Crippen LogP contribution is -2.17. The number of thiazole rings is 1. The third-order valence-corrected chi connectivity index (χ3v) is 7.44. The highest BCUT2D eigenvalue weighted by Crippen LogP contribution is 2.35. The van der Waals surface area contributed by atoms with E-state index < -0.39 is 29.5 Å². The molecule has 0 bridgehead atoms. The van der Waals surface area contributed by atoms with Crippen LogP contribution in [0.3, 0.4) is 0 Å². The van der Waals surface area contributed by atoms with E-state index in [2.05, 4.69) is 22.0 Å². The lowest BCUT2D eigenvalue weighted by molar-refractivity contribution is -0.137. The number of aliphatic imine (C=N–C) groups is 1. The molecule has 0 saturated carbocycles. The van der Waals surface area contributed by atoms with Gasteiger partial charge in [-0.25, -0.2) is 14.2 Å². The summed E-state index contributed by atoms with van der Waals surface area (Å²) in [6, 6.07) is 16.7. The molecular weight excluding hydrogens is 548 g/mol. The van der Waals surface area contributed by atoms with Gasteiger partial charge in [0.15, 0.2) is 0 Å².